The van der Waals surface area contributed by atoms with Crippen molar-refractivity contribution in [2.45, 2.75) is 418 Å². The molecule has 0 aliphatic carbocycles. The molecule has 9 heteroatoms. The zero-order valence-electron chi connectivity index (χ0n) is 62.0. The lowest BCUT2D eigenvalue weighted by atomic mass is 10.0. The fraction of sp³-hybridized carbons (Fsp3) is 0.867. The molecule has 2 unspecified atom stereocenters. The van der Waals surface area contributed by atoms with Gasteiger partial charge in [-0.15, -0.1) is 0 Å². The quantitative estimate of drug-likeness (QED) is 0.0211. The van der Waals surface area contributed by atoms with E-state index < -0.39 is 18.4 Å². The van der Waals surface area contributed by atoms with Gasteiger partial charge in [-0.05, 0) is 51.4 Å². The van der Waals surface area contributed by atoms with Crippen LogP contribution in [0.1, 0.15) is 406 Å². The van der Waals surface area contributed by atoms with Gasteiger partial charge in [0, 0.05) is 12.8 Å². The Morgan fingerprint density at radius 2 is 0.620 bits per heavy atom. The van der Waals surface area contributed by atoms with Gasteiger partial charge in [0.15, 0.2) is 6.10 Å². The third kappa shape index (κ3) is 74.6. The molecule has 9 nitrogen and oxygen atoms in total. The molecule has 0 aromatic carbocycles. The molecule has 0 rings (SSSR count). The molecule has 0 fully saturated rings. The molecule has 0 heterocycles. The fourth-order valence-electron chi connectivity index (χ4n) is 12.2. The van der Waals surface area contributed by atoms with E-state index in [0.717, 1.165) is 64.2 Å². The van der Waals surface area contributed by atoms with Crippen LogP contribution in [0.15, 0.2) is 48.6 Å². The number of carboxylic acid groups (broad SMARTS) is 1. The Bertz CT molecular complexity index is 1650. The number of rotatable bonds is 76. The molecule has 92 heavy (non-hydrogen) atoms. The summed E-state index contributed by atoms with van der Waals surface area (Å²) >= 11 is 0. The van der Waals surface area contributed by atoms with Crippen LogP contribution in [0.5, 0.6) is 0 Å². The smallest absolute Gasteiger partial charge is 0.361 e. The second kappa shape index (κ2) is 74.0. The van der Waals surface area contributed by atoms with Crippen molar-refractivity contribution in [1.29, 1.82) is 0 Å². The van der Waals surface area contributed by atoms with Gasteiger partial charge in [-0.1, -0.05) is 390 Å². The minimum absolute atomic E-state index is 0.177. The number of nitrogens with zero attached hydrogens (tertiary/aromatic N) is 1. The summed E-state index contributed by atoms with van der Waals surface area (Å²) in [6.07, 6.45) is 94.2. The Kier molecular flexibility index (Phi) is 71.8. The number of hydrogen-bond acceptors (Lipinski definition) is 7. The molecule has 2 atom stereocenters. The van der Waals surface area contributed by atoms with Crippen LogP contribution in [0.2, 0.25) is 0 Å². The molecular formula is C83H156NO8+. The van der Waals surface area contributed by atoms with Gasteiger partial charge >= 0.3 is 17.9 Å². The number of unbranched alkanes of at least 4 members (excludes halogenated alkanes) is 53. The summed E-state index contributed by atoms with van der Waals surface area (Å²) in [6.45, 7) is 4.84. The molecule has 0 aromatic heterocycles. The van der Waals surface area contributed by atoms with E-state index in [1.165, 1.54) is 315 Å². The molecule has 540 valence electrons. The van der Waals surface area contributed by atoms with Crippen molar-refractivity contribution in [3.05, 3.63) is 48.6 Å². The summed E-state index contributed by atoms with van der Waals surface area (Å²) in [5, 5.41) is 9.77. The lowest BCUT2D eigenvalue weighted by Gasteiger charge is -2.25. The number of carboxylic acids is 1. The highest BCUT2D eigenvalue weighted by molar-refractivity contribution is 5.71. The van der Waals surface area contributed by atoms with E-state index in [-0.39, 0.29) is 38.2 Å². The van der Waals surface area contributed by atoms with E-state index in [1.807, 2.05) is 21.1 Å². The first-order valence-electron chi connectivity index (χ1n) is 40.3. The van der Waals surface area contributed by atoms with Crippen LogP contribution in [0.25, 0.3) is 0 Å². The van der Waals surface area contributed by atoms with E-state index in [0.29, 0.717) is 17.4 Å². The van der Waals surface area contributed by atoms with Crippen LogP contribution in [-0.2, 0) is 33.3 Å². The summed E-state index contributed by atoms with van der Waals surface area (Å²) in [5.74, 6) is -1.98. The zero-order chi connectivity index (χ0) is 66.8. The Balaban J connectivity index is 3.94. The Morgan fingerprint density at radius 3 is 0.924 bits per heavy atom. The normalized spacial score (nSPS) is 12.8. The maximum atomic E-state index is 13.0. The summed E-state index contributed by atoms with van der Waals surface area (Å²) < 4.78 is 23.1. The highest BCUT2D eigenvalue weighted by Crippen LogP contribution is 2.20. The monoisotopic (exact) mass is 1300 g/mol. The number of esters is 2. The van der Waals surface area contributed by atoms with Crippen molar-refractivity contribution < 1.29 is 42.9 Å². The van der Waals surface area contributed by atoms with Crippen molar-refractivity contribution >= 4 is 17.9 Å². The second-order valence-corrected chi connectivity index (χ2v) is 28.7. The first-order valence-corrected chi connectivity index (χ1v) is 40.3. The minimum atomic E-state index is -1.51. The summed E-state index contributed by atoms with van der Waals surface area (Å²) in [4.78, 5) is 37.7. The predicted octanol–water partition coefficient (Wildman–Crippen LogP) is 25.7. The van der Waals surface area contributed by atoms with Crippen LogP contribution in [0.3, 0.4) is 0 Å². The summed E-state index contributed by atoms with van der Waals surface area (Å²) in [7, 11) is 6.00. The molecule has 1 N–H and O–H groups in total. The van der Waals surface area contributed by atoms with E-state index >= 15 is 0 Å². The highest BCUT2D eigenvalue weighted by atomic mass is 16.7. The van der Waals surface area contributed by atoms with Crippen molar-refractivity contribution in [2.24, 2.45) is 0 Å². The van der Waals surface area contributed by atoms with Crippen molar-refractivity contribution in [3.63, 3.8) is 0 Å². The molecule has 0 amide bonds. The molecular weight excluding hydrogens is 1140 g/mol. The SMILES string of the molecule is CC/C=C\C/C=C\C/C=C\C/C=C\CCCCCCCCCCCCCCCCCCC(=O)OC(COC(=O)CCCCCCCCCCCCCCCCCCCCCCCCCCCCCCCCCCCCCCCC)COC(OCC[N+](C)(C)C)C(=O)O. The maximum Gasteiger partial charge on any atom is 0.361 e. The molecule has 0 aromatic rings. The lowest BCUT2D eigenvalue weighted by molar-refractivity contribution is -0.870. The lowest BCUT2D eigenvalue weighted by Crippen LogP contribution is -2.40. The van der Waals surface area contributed by atoms with Crippen LogP contribution in [0, 0.1) is 0 Å². The molecule has 0 bridgehead atoms. The molecule has 0 saturated heterocycles. The Hall–Kier alpha value is -2.75. The van der Waals surface area contributed by atoms with Crippen LogP contribution in [0.4, 0.5) is 0 Å². The molecule has 0 radical (unpaired) electrons. The second-order valence-electron chi connectivity index (χ2n) is 28.7. The predicted molar refractivity (Wildman–Crippen MR) is 397 cm³/mol. The van der Waals surface area contributed by atoms with Gasteiger partial charge in [-0.3, -0.25) is 9.59 Å². The Morgan fingerprint density at radius 1 is 0.337 bits per heavy atom. The summed E-state index contributed by atoms with van der Waals surface area (Å²) in [5.41, 5.74) is 0. The first-order chi connectivity index (χ1) is 45.1. The average Bonchev–Trinajstić information content (AvgIpc) is 3.75. The molecule has 0 saturated carbocycles. The number of likely N-dealkylation sites (N-methyl/N-ethyl adjacent to an activating group) is 1. The van der Waals surface area contributed by atoms with Gasteiger partial charge in [0.05, 0.1) is 34.4 Å². The van der Waals surface area contributed by atoms with Gasteiger partial charge in [0.2, 0.25) is 0 Å². The van der Waals surface area contributed by atoms with Crippen LogP contribution in [-0.4, -0.2) is 87.4 Å². The first kappa shape index (κ1) is 89.2. The average molecular weight is 1300 g/mol. The molecule has 0 spiro atoms. The zero-order valence-corrected chi connectivity index (χ0v) is 62.0. The van der Waals surface area contributed by atoms with Gasteiger partial charge in [0.25, 0.3) is 6.29 Å². The number of quaternary nitrogens is 1. The van der Waals surface area contributed by atoms with Gasteiger partial charge in [-0.25, -0.2) is 4.79 Å². The van der Waals surface area contributed by atoms with Crippen LogP contribution < -0.4 is 0 Å². The number of ether oxygens (including phenoxy) is 4. The number of allylic oxidation sites excluding steroid dienone is 8. The topological polar surface area (TPSA) is 108 Å². The largest absolute Gasteiger partial charge is 0.477 e. The highest BCUT2D eigenvalue weighted by Gasteiger charge is 2.25. The van der Waals surface area contributed by atoms with E-state index in [4.69, 9.17) is 18.9 Å². The van der Waals surface area contributed by atoms with E-state index in [2.05, 4.69) is 62.5 Å². The van der Waals surface area contributed by atoms with E-state index in [1.54, 1.807) is 0 Å². The molecule has 0 aliphatic heterocycles. The van der Waals surface area contributed by atoms with Crippen LogP contribution >= 0.6 is 0 Å². The van der Waals surface area contributed by atoms with Gasteiger partial charge in [-0.2, -0.15) is 0 Å². The number of hydrogen-bond donors (Lipinski definition) is 1. The summed E-state index contributed by atoms with van der Waals surface area (Å²) in [6, 6.07) is 0. The molecule has 0 aliphatic rings. The third-order valence-corrected chi connectivity index (χ3v) is 18.3. The fourth-order valence-corrected chi connectivity index (χ4v) is 12.2. The number of aliphatic carboxylic acids is 1. The Labute approximate surface area is 572 Å². The standard InChI is InChI=1S/C83H155NO8/c1-6-8-10-12-14-16-18-20-22-24-26-28-30-32-34-36-37-38-39-40-41-42-43-44-46-47-49-51-53-55-57-59-61-63-65-67-69-71-73-80(85)90-77-79(78-91-83(82(87)88)89-76-75-84(3,4)5)92-81(86)74-72-70-68-66-64-62-60-58-56-54-52-50-48-45-35-33-31-29-27-25-23-21-19-17-15-13-11-9-7-2/h9,11,15,17,21,23,27,29,79,83H,6-8,10,12-14,16,18-20,22,24-26,28,30-78H2,1-5H3/p+1/b11-9-,17-15-,23-21-,29-27-. The van der Waals surface area contributed by atoms with Crippen molar-refractivity contribution in [1.82, 2.24) is 0 Å². The van der Waals surface area contributed by atoms with Gasteiger partial charge < -0.3 is 28.5 Å². The van der Waals surface area contributed by atoms with Crippen molar-refractivity contribution in [2.75, 3.05) is 47.5 Å². The maximum absolute atomic E-state index is 13.0. The minimum Gasteiger partial charge on any atom is -0.477 e. The number of carbonyl (C=O) groups excluding carboxylic acids is 2. The van der Waals surface area contributed by atoms with E-state index in [9.17, 15) is 19.5 Å². The van der Waals surface area contributed by atoms with Crippen molar-refractivity contribution in [3.8, 4) is 0 Å². The third-order valence-electron chi connectivity index (χ3n) is 18.3. The number of carbonyl (C=O) groups is 3. The van der Waals surface area contributed by atoms with Gasteiger partial charge in [0.1, 0.15) is 13.2 Å².